The minimum Gasteiger partial charge on any atom is -0.324 e. The number of nitrogens with two attached hydrogens (primary N) is 1. The van der Waals surface area contributed by atoms with Crippen LogP contribution in [0.1, 0.15) is 28.3 Å². The summed E-state index contributed by atoms with van der Waals surface area (Å²) < 4.78 is 1.17. The number of aryl methyl sites for hydroxylation is 2. The molecule has 2 N–H and O–H groups in total. The Kier molecular flexibility index (Phi) is 4.87. The predicted octanol–water partition coefficient (Wildman–Crippen LogP) is 4.80. The van der Waals surface area contributed by atoms with Gasteiger partial charge in [-0.2, -0.15) is 0 Å². The standard InChI is InChI=1S/C16H17ClIN/c1-10-4-3-5-11(2)13(10)9-16(19)14-8-12(17)6-7-15(14)18/h3-8,16H,9,19H2,1-2H3. The van der Waals surface area contributed by atoms with Crippen molar-refractivity contribution in [3.8, 4) is 0 Å². The van der Waals surface area contributed by atoms with Crippen molar-refractivity contribution in [1.82, 2.24) is 0 Å². The smallest absolute Gasteiger partial charge is 0.0410 e. The lowest BCUT2D eigenvalue weighted by Crippen LogP contribution is -2.16. The van der Waals surface area contributed by atoms with Gasteiger partial charge in [0.1, 0.15) is 0 Å². The summed E-state index contributed by atoms with van der Waals surface area (Å²) in [4.78, 5) is 0. The highest BCUT2D eigenvalue weighted by atomic mass is 127. The molecule has 0 heterocycles. The summed E-state index contributed by atoms with van der Waals surface area (Å²) in [6.07, 6.45) is 0.842. The summed E-state index contributed by atoms with van der Waals surface area (Å²) in [7, 11) is 0. The molecule has 0 aliphatic carbocycles. The first-order valence-corrected chi connectivity index (χ1v) is 7.70. The molecular weight excluding hydrogens is 369 g/mol. The largest absolute Gasteiger partial charge is 0.324 e. The first-order chi connectivity index (χ1) is 8.99. The van der Waals surface area contributed by atoms with Gasteiger partial charge < -0.3 is 5.73 Å². The highest BCUT2D eigenvalue weighted by molar-refractivity contribution is 14.1. The summed E-state index contributed by atoms with van der Waals surface area (Å²) in [6, 6.07) is 12.2. The Morgan fingerprint density at radius 2 is 1.79 bits per heavy atom. The molecule has 0 aromatic heterocycles. The molecule has 2 rings (SSSR count). The van der Waals surface area contributed by atoms with Crippen molar-refractivity contribution in [3.63, 3.8) is 0 Å². The van der Waals surface area contributed by atoms with E-state index < -0.39 is 0 Å². The van der Waals surface area contributed by atoms with E-state index in [2.05, 4.69) is 54.6 Å². The van der Waals surface area contributed by atoms with Gasteiger partial charge in [-0.05, 0) is 83.3 Å². The molecule has 0 spiro atoms. The van der Waals surface area contributed by atoms with Crippen LogP contribution in [0.25, 0.3) is 0 Å². The highest BCUT2D eigenvalue weighted by Crippen LogP contribution is 2.26. The highest BCUT2D eigenvalue weighted by Gasteiger charge is 2.13. The molecule has 19 heavy (non-hydrogen) atoms. The van der Waals surface area contributed by atoms with Crippen molar-refractivity contribution in [1.29, 1.82) is 0 Å². The quantitative estimate of drug-likeness (QED) is 0.754. The number of halogens is 2. The molecule has 100 valence electrons. The Labute approximate surface area is 133 Å². The zero-order valence-electron chi connectivity index (χ0n) is 11.1. The van der Waals surface area contributed by atoms with E-state index in [1.807, 2.05) is 18.2 Å². The van der Waals surface area contributed by atoms with Crippen LogP contribution < -0.4 is 5.73 Å². The molecule has 0 bridgehead atoms. The van der Waals surface area contributed by atoms with Crippen molar-refractivity contribution in [2.24, 2.45) is 5.73 Å². The van der Waals surface area contributed by atoms with Crippen molar-refractivity contribution in [2.45, 2.75) is 26.3 Å². The van der Waals surface area contributed by atoms with E-state index in [4.69, 9.17) is 17.3 Å². The van der Waals surface area contributed by atoms with E-state index in [9.17, 15) is 0 Å². The molecule has 1 nitrogen and oxygen atoms in total. The average molecular weight is 386 g/mol. The van der Waals surface area contributed by atoms with Crippen LogP contribution in [-0.2, 0) is 6.42 Å². The van der Waals surface area contributed by atoms with Crippen LogP contribution in [-0.4, -0.2) is 0 Å². The molecule has 2 aromatic carbocycles. The van der Waals surface area contributed by atoms with Crippen LogP contribution in [0.2, 0.25) is 5.02 Å². The maximum absolute atomic E-state index is 6.37. The van der Waals surface area contributed by atoms with Crippen LogP contribution in [0, 0.1) is 17.4 Å². The molecule has 1 atom stereocenters. The van der Waals surface area contributed by atoms with E-state index >= 15 is 0 Å². The van der Waals surface area contributed by atoms with Gasteiger partial charge in [0.05, 0.1) is 0 Å². The zero-order valence-corrected chi connectivity index (χ0v) is 14.0. The fraction of sp³-hybridized carbons (Fsp3) is 0.250. The second-order valence-electron chi connectivity index (χ2n) is 4.85. The molecule has 0 saturated heterocycles. The zero-order chi connectivity index (χ0) is 14.0. The van der Waals surface area contributed by atoms with Crippen LogP contribution >= 0.6 is 34.2 Å². The Morgan fingerprint density at radius 1 is 1.16 bits per heavy atom. The molecule has 0 amide bonds. The summed E-state index contributed by atoms with van der Waals surface area (Å²) in [5.41, 5.74) is 11.4. The van der Waals surface area contributed by atoms with Gasteiger partial charge in [-0.3, -0.25) is 0 Å². The lowest BCUT2D eigenvalue weighted by molar-refractivity contribution is 0.712. The number of hydrogen-bond donors (Lipinski definition) is 1. The Bertz CT molecular complexity index is 575. The molecule has 1 unspecified atom stereocenters. The van der Waals surface area contributed by atoms with E-state index in [0.29, 0.717) is 0 Å². The predicted molar refractivity (Wildman–Crippen MR) is 90.7 cm³/mol. The summed E-state index contributed by atoms with van der Waals surface area (Å²) in [5.74, 6) is 0. The first-order valence-electron chi connectivity index (χ1n) is 6.24. The summed E-state index contributed by atoms with van der Waals surface area (Å²) in [5, 5.41) is 0.743. The molecule has 0 fully saturated rings. The fourth-order valence-corrected chi connectivity index (χ4v) is 3.22. The van der Waals surface area contributed by atoms with Crippen LogP contribution in [0.15, 0.2) is 36.4 Å². The second kappa shape index (κ2) is 6.25. The van der Waals surface area contributed by atoms with Gasteiger partial charge in [0, 0.05) is 14.6 Å². The first kappa shape index (κ1) is 14.8. The maximum atomic E-state index is 6.37. The monoisotopic (exact) mass is 385 g/mol. The SMILES string of the molecule is Cc1cccc(C)c1CC(N)c1cc(Cl)ccc1I. The second-order valence-corrected chi connectivity index (χ2v) is 6.45. The van der Waals surface area contributed by atoms with Gasteiger partial charge in [-0.15, -0.1) is 0 Å². The summed E-state index contributed by atoms with van der Waals surface area (Å²) in [6.45, 7) is 4.27. The van der Waals surface area contributed by atoms with E-state index in [1.165, 1.54) is 20.3 Å². The molecule has 2 aromatic rings. The summed E-state index contributed by atoms with van der Waals surface area (Å²) >= 11 is 8.38. The fourth-order valence-electron chi connectivity index (χ4n) is 2.30. The van der Waals surface area contributed by atoms with Crippen LogP contribution in [0.4, 0.5) is 0 Å². The van der Waals surface area contributed by atoms with Gasteiger partial charge in [0.25, 0.3) is 0 Å². The third-order valence-electron chi connectivity index (χ3n) is 3.43. The van der Waals surface area contributed by atoms with Crippen LogP contribution in [0.5, 0.6) is 0 Å². The van der Waals surface area contributed by atoms with Crippen molar-refractivity contribution in [3.05, 3.63) is 67.2 Å². The van der Waals surface area contributed by atoms with Gasteiger partial charge in [0.15, 0.2) is 0 Å². The van der Waals surface area contributed by atoms with Crippen LogP contribution in [0.3, 0.4) is 0 Å². The Morgan fingerprint density at radius 3 is 2.42 bits per heavy atom. The van der Waals surface area contributed by atoms with Crippen molar-refractivity contribution < 1.29 is 0 Å². The third kappa shape index (κ3) is 3.50. The number of hydrogen-bond acceptors (Lipinski definition) is 1. The van der Waals surface area contributed by atoms with Crippen molar-refractivity contribution in [2.75, 3.05) is 0 Å². The van der Waals surface area contributed by atoms with Gasteiger partial charge >= 0.3 is 0 Å². The molecule has 0 saturated carbocycles. The van der Waals surface area contributed by atoms with Gasteiger partial charge in [0.2, 0.25) is 0 Å². The lowest BCUT2D eigenvalue weighted by Gasteiger charge is -2.17. The Balaban J connectivity index is 2.31. The minimum absolute atomic E-state index is 0.0228. The van der Waals surface area contributed by atoms with Gasteiger partial charge in [-0.1, -0.05) is 29.8 Å². The average Bonchev–Trinajstić information content (AvgIpc) is 2.37. The molecule has 0 aliphatic rings. The van der Waals surface area contributed by atoms with Crippen molar-refractivity contribution >= 4 is 34.2 Å². The lowest BCUT2D eigenvalue weighted by atomic mass is 9.93. The minimum atomic E-state index is -0.0228. The number of benzene rings is 2. The molecule has 0 radical (unpaired) electrons. The normalized spacial score (nSPS) is 12.5. The topological polar surface area (TPSA) is 26.0 Å². The molecule has 3 heteroatoms. The Hall–Kier alpha value is -0.580. The van der Waals surface area contributed by atoms with E-state index in [0.717, 1.165) is 17.0 Å². The van der Waals surface area contributed by atoms with Gasteiger partial charge in [-0.25, -0.2) is 0 Å². The maximum Gasteiger partial charge on any atom is 0.0410 e. The van der Waals surface area contributed by atoms with E-state index in [-0.39, 0.29) is 6.04 Å². The molecular formula is C16H17ClIN. The molecule has 0 aliphatic heterocycles. The van der Waals surface area contributed by atoms with E-state index in [1.54, 1.807) is 0 Å². The third-order valence-corrected chi connectivity index (χ3v) is 4.64. The number of rotatable bonds is 3.